The van der Waals surface area contributed by atoms with E-state index >= 15 is 0 Å². The Kier molecular flexibility index (Phi) is 47.0. The topological polar surface area (TPSA) is 374 Å². The van der Waals surface area contributed by atoms with Gasteiger partial charge in [-0.25, -0.2) is 4.57 Å². The molecule has 2 heterocycles. The molecule has 2 saturated heterocycles. The Balaban J connectivity index is 1.76. The van der Waals surface area contributed by atoms with Gasteiger partial charge in [-0.1, -0.05) is 199 Å². The van der Waals surface area contributed by atoms with Crippen molar-refractivity contribution in [1.29, 1.82) is 0 Å². The minimum Gasteiger partial charge on any atom is -0.463 e. The molecule has 1 saturated carbocycles. The van der Waals surface area contributed by atoms with Crippen LogP contribution >= 0.6 is 7.82 Å². The highest BCUT2D eigenvalue weighted by Crippen LogP contribution is 2.49. The summed E-state index contributed by atoms with van der Waals surface area (Å²) in [5.74, 6) is -2.03. The molecule has 0 amide bonds. The van der Waals surface area contributed by atoms with Gasteiger partial charge in [0, 0.05) is 19.3 Å². The predicted molar refractivity (Wildman–Crippen MR) is 351 cm³/mol. The minimum absolute atomic E-state index is 0.0221. The predicted octanol–water partition coefficient (Wildman–Crippen LogP) is 8.96. The molecule has 0 aromatic rings. The number of phosphoric acid groups is 1. The Morgan fingerprint density at radius 2 is 0.745 bits per heavy atom. The van der Waals surface area contributed by atoms with Crippen LogP contribution < -0.4 is 0 Å². The maximum atomic E-state index is 14.3. The normalized spacial score (nSPS) is 28.4. The monoisotopic (exact) mass is 1370 g/mol. The van der Waals surface area contributed by atoms with Crippen molar-refractivity contribution < 1.29 is 117 Å². The largest absolute Gasteiger partial charge is 0.472 e. The van der Waals surface area contributed by atoms with Crippen LogP contribution in [0.5, 0.6) is 0 Å². The smallest absolute Gasteiger partial charge is 0.463 e. The first-order valence-corrected chi connectivity index (χ1v) is 37.6. The molecule has 0 aromatic carbocycles. The second-order valence-corrected chi connectivity index (χ2v) is 27.4. The van der Waals surface area contributed by atoms with Gasteiger partial charge in [-0.3, -0.25) is 23.4 Å². The van der Waals surface area contributed by atoms with Gasteiger partial charge in [0.1, 0.15) is 98.7 Å². The van der Waals surface area contributed by atoms with Crippen LogP contribution in [0.1, 0.15) is 265 Å². The van der Waals surface area contributed by atoms with Gasteiger partial charge >= 0.3 is 25.7 Å². The molecule has 1 aliphatic carbocycles. The quantitative estimate of drug-likeness (QED) is 0.00889. The summed E-state index contributed by atoms with van der Waals surface area (Å²) in [6.45, 7) is 3.37. The summed E-state index contributed by atoms with van der Waals surface area (Å²) < 4.78 is 64.8. The fourth-order valence-electron chi connectivity index (χ4n) is 11.7. The third-order valence-electron chi connectivity index (χ3n) is 17.7. The van der Waals surface area contributed by atoms with Crippen LogP contribution in [0, 0.1) is 0 Å². The third-order valence-corrected chi connectivity index (χ3v) is 18.7. The molecule has 0 radical (unpaired) electrons. The number of esters is 3. The third kappa shape index (κ3) is 35.0. The lowest BCUT2D eigenvalue weighted by atomic mass is 9.84. The fraction of sp³-hybridized carbons (Fsp3) is 0.899. The number of carbonyl (C=O) groups is 3. The lowest BCUT2D eigenvalue weighted by Crippen LogP contribution is -2.69. The van der Waals surface area contributed by atoms with Crippen LogP contribution in [0.15, 0.2) is 24.3 Å². The van der Waals surface area contributed by atoms with Crippen molar-refractivity contribution >= 4 is 25.7 Å². The summed E-state index contributed by atoms with van der Waals surface area (Å²) in [4.78, 5) is 50.8. The van der Waals surface area contributed by atoms with Crippen molar-refractivity contribution in [3.63, 3.8) is 0 Å². The number of carbonyl (C=O) groups excluding carboxylic acids is 3. The van der Waals surface area contributed by atoms with E-state index in [1.807, 2.05) is 0 Å². The first kappa shape index (κ1) is 85.7. The number of hydrogen-bond donors (Lipinski definition) is 11. The number of ether oxygens (including phenoxy) is 7. The van der Waals surface area contributed by atoms with Crippen molar-refractivity contribution in [2.75, 3.05) is 26.4 Å². The van der Waals surface area contributed by atoms with E-state index in [2.05, 4.69) is 45.1 Å². The summed E-state index contributed by atoms with van der Waals surface area (Å²) in [5.41, 5.74) is 0. The van der Waals surface area contributed by atoms with Crippen LogP contribution in [-0.2, 0) is 61.2 Å². The van der Waals surface area contributed by atoms with E-state index in [9.17, 15) is 74.9 Å². The van der Waals surface area contributed by atoms with Crippen molar-refractivity contribution in [2.24, 2.45) is 0 Å². The van der Waals surface area contributed by atoms with Gasteiger partial charge in [-0.05, 0) is 70.6 Å². The molecule has 2 aliphatic heterocycles. The number of rotatable bonds is 55. The molecule has 3 rings (SSSR count). The van der Waals surface area contributed by atoms with Gasteiger partial charge in [-0.2, -0.15) is 0 Å². The average Bonchev–Trinajstić information content (AvgIpc) is 0.765. The summed E-state index contributed by atoms with van der Waals surface area (Å²) in [6, 6.07) is 0. The highest BCUT2D eigenvalue weighted by atomic mass is 31.2. The van der Waals surface area contributed by atoms with E-state index in [1.54, 1.807) is 0 Å². The summed E-state index contributed by atoms with van der Waals surface area (Å²) in [5, 5.41) is 110. The number of aliphatic hydroxyl groups excluding tert-OH is 10. The van der Waals surface area contributed by atoms with Crippen molar-refractivity contribution in [3.8, 4) is 0 Å². The molecule has 18 unspecified atom stereocenters. The molecular weight excluding hydrogens is 1240 g/mol. The number of hydrogen-bond acceptors (Lipinski definition) is 23. The van der Waals surface area contributed by atoms with Gasteiger partial charge < -0.3 is 89.1 Å². The SMILES string of the molecule is CCCCCCCC/C=C\CCCCCC(=O)OCC(COP(=O)(O)OC1C(OC2OC(CO)C(O)C(O)C2O)C(O)C(O)C(O)C1OC1OC(COC(=O)CCCCCCCCCCCCCCC)C(O)C(O)C1O)OC(=O)CCCCC/C=C\CCCCCCCC. The van der Waals surface area contributed by atoms with E-state index in [4.69, 9.17) is 42.2 Å². The second kappa shape index (κ2) is 51.6. The van der Waals surface area contributed by atoms with Crippen molar-refractivity contribution in [3.05, 3.63) is 24.3 Å². The maximum absolute atomic E-state index is 14.3. The summed E-state index contributed by atoms with van der Waals surface area (Å²) in [6.07, 6.45) is 9.88. The zero-order valence-corrected chi connectivity index (χ0v) is 57.9. The zero-order chi connectivity index (χ0) is 68.9. The molecule has 3 aliphatic rings. The molecule has 94 heavy (non-hydrogen) atoms. The van der Waals surface area contributed by atoms with Crippen LogP contribution in [0.2, 0.25) is 0 Å². The Hall–Kier alpha value is -2.56. The Labute approximate surface area is 560 Å². The minimum atomic E-state index is -5.70. The summed E-state index contributed by atoms with van der Waals surface area (Å²) >= 11 is 0. The van der Waals surface area contributed by atoms with Gasteiger partial charge in [0.15, 0.2) is 18.7 Å². The van der Waals surface area contributed by atoms with Gasteiger partial charge in [0.05, 0.1) is 13.2 Å². The first-order chi connectivity index (χ1) is 45.3. The van der Waals surface area contributed by atoms with Gasteiger partial charge in [0.2, 0.25) is 0 Å². The van der Waals surface area contributed by atoms with Gasteiger partial charge in [0.25, 0.3) is 0 Å². The lowest BCUT2D eigenvalue weighted by Gasteiger charge is -2.49. The average molecular weight is 1370 g/mol. The molecule has 24 nitrogen and oxygen atoms in total. The van der Waals surface area contributed by atoms with Crippen LogP contribution in [0.25, 0.3) is 0 Å². The highest BCUT2D eigenvalue weighted by Gasteiger charge is 2.58. The molecule has 18 atom stereocenters. The van der Waals surface area contributed by atoms with E-state index in [-0.39, 0.29) is 19.3 Å². The van der Waals surface area contributed by atoms with E-state index in [0.717, 1.165) is 89.9 Å². The van der Waals surface area contributed by atoms with Crippen LogP contribution in [-0.4, -0.2) is 204 Å². The number of unbranched alkanes of at least 4 members (excludes halogenated alkanes) is 30. The Morgan fingerprint density at radius 3 is 1.16 bits per heavy atom. The highest BCUT2D eigenvalue weighted by molar-refractivity contribution is 7.47. The molecule has 0 aromatic heterocycles. The molecule has 0 spiro atoms. The Morgan fingerprint density at radius 1 is 0.404 bits per heavy atom. The number of phosphoric ester groups is 1. The van der Waals surface area contributed by atoms with E-state index in [1.165, 1.54) is 109 Å². The molecular formula is C69H125O24P. The molecule has 0 bridgehead atoms. The van der Waals surface area contributed by atoms with Crippen molar-refractivity contribution in [1.82, 2.24) is 0 Å². The number of allylic oxidation sites excluding steroid dienone is 4. The second-order valence-electron chi connectivity index (χ2n) is 25.9. The number of aliphatic hydroxyl groups is 10. The maximum Gasteiger partial charge on any atom is 0.472 e. The Bertz CT molecular complexity index is 2050. The van der Waals surface area contributed by atoms with Crippen LogP contribution in [0.3, 0.4) is 0 Å². The standard InChI is InChI=1S/C69H125O24P/c1-4-7-10-13-16-19-22-25-28-31-34-37-40-43-53(71)85-47-50(88-55(73)45-42-39-36-33-30-27-24-21-18-15-12-9-6-3)48-87-94(83,84)93-67-65(91-68-63(81)58(76)56(74)51(46-70)89-68)61(79)60(78)62(80)66(67)92-69-64(82)59(77)57(75)52(90-69)49-86-54(72)44-41-38-35-32-29-26-23-20-17-14-11-8-5-2/h25,27-28,30,50-52,56-70,74-82H,4-24,26,29,31-49H2,1-3H3,(H,83,84)/b28-25-,30-27-. The molecule has 3 fully saturated rings. The fourth-order valence-corrected chi connectivity index (χ4v) is 12.7. The van der Waals surface area contributed by atoms with Crippen molar-refractivity contribution in [2.45, 2.75) is 369 Å². The van der Waals surface area contributed by atoms with Crippen LogP contribution in [0.4, 0.5) is 0 Å². The molecule has 550 valence electrons. The first-order valence-electron chi connectivity index (χ1n) is 36.1. The lowest BCUT2D eigenvalue weighted by molar-refractivity contribution is -0.360. The zero-order valence-electron chi connectivity index (χ0n) is 57.0. The summed E-state index contributed by atoms with van der Waals surface area (Å²) in [7, 11) is -5.70. The van der Waals surface area contributed by atoms with E-state index < -0.39 is 156 Å². The van der Waals surface area contributed by atoms with E-state index in [0.29, 0.717) is 25.7 Å². The molecule has 11 N–H and O–H groups in total. The van der Waals surface area contributed by atoms with Gasteiger partial charge in [-0.15, -0.1) is 0 Å². The molecule has 25 heteroatoms.